The molecule has 0 bridgehead atoms. The highest BCUT2D eigenvalue weighted by molar-refractivity contribution is 5.89. The second-order valence-corrected chi connectivity index (χ2v) is 7.68. The number of nitrogens with zero attached hydrogens (tertiary/aromatic N) is 1. The van der Waals surface area contributed by atoms with Crippen molar-refractivity contribution in [1.29, 1.82) is 0 Å². The molecular weight excluding hydrogens is 396 g/mol. The van der Waals surface area contributed by atoms with E-state index in [-0.39, 0.29) is 30.8 Å². The second kappa shape index (κ2) is 10.1. The van der Waals surface area contributed by atoms with E-state index in [1.165, 1.54) is 6.92 Å². The van der Waals surface area contributed by atoms with Crippen LogP contribution in [0.5, 0.6) is 5.75 Å². The maximum atomic E-state index is 12.6. The lowest BCUT2D eigenvalue weighted by Gasteiger charge is -2.25. The normalized spacial score (nSPS) is 17.7. The molecule has 1 fully saturated rings. The maximum Gasteiger partial charge on any atom is 0.312 e. The molecule has 0 spiro atoms. The van der Waals surface area contributed by atoms with E-state index >= 15 is 0 Å². The number of likely N-dealkylation sites (tertiary alicyclic amines) is 1. The molecule has 0 unspecified atom stereocenters. The first-order valence-corrected chi connectivity index (χ1v) is 10.3. The van der Waals surface area contributed by atoms with Gasteiger partial charge in [-0.1, -0.05) is 42.5 Å². The summed E-state index contributed by atoms with van der Waals surface area (Å²) >= 11 is 0. The molecule has 1 saturated heterocycles. The molecule has 0 radical (unpaired) electrons. The highest BCUT2D eigenvalue weighted by atomic mass is 16.5. The van der Waals surface area contributed by atoms with Crippen LogP contribution in [0.15, 0.2) is 54.6 Å². The first kappa shape index (κ1) is 22.3. The third kappa shape index (κ3) is 5.63. The molecule has 0 aromatic heterocycles. The SMILES string of the molecule is COc1ccc(CNC(=O)[C@H](C)OC(=O)[C@@H]2CC(=O)N([C@H](C)c3ccccc3)C2)cc1. The van der Waals surface area contributed by atoms with Gasteiger partial charge >= 0.3 is 5.97 Å². The molecule has 1 heterocycles. The zero-order valence-electron chi connectivity index (χ0n) is 18.0. The molecule has 2 amide bonds. The van der Waals surface area contributed by atoms with E-state index in [4.69, 9.17) is 9.47 Å². The Balaban J connectivity index is 1.49. The third-order valence-electron chi connectivity index (χ3n) is 5.53. The van der Waals surface area contributed by atoms with Crippen molar-refractivity contribution in [2.45, 2.75) is 39.0 Å². The number of amides is 2. The molecule has 7 heteroatoms. The molecule has 1 N–H and O–H groups in total. The number of esters is 1. The van der Waals surface area contributed by atoms with Gasteiger partial charge in [-0.2, -0.15) is 0 Å². The molecule has 3 rings (SSSR count). The van der Waals surface area contributed by atoms with Gasteiger partial charge in [-0.3, -0.25) is 14.4 Å². The van der Waals surface area contributed by atoms with E-state index in [0.717, 1.165) is 16.9 Å². The van der Waals surface area contributed by atoms with Gasteiger partial charge in [0.2, 0.25) is 5.91 Å². The van der Waals surface area contributed by atoms with Crippen LogP contribution in [0.25, 0.3) is 0 Å². The van der Waals surface area contributed by atoms with Crippen LogP contribution in [0.4, 0.5) is 0 Å². The first-order chi connectivity index (χ1) is 14.9. The van der Waals surface area contributed by atoms with Gasteiger partial charge < -0.3 is 19.7 Å². The van der Waals surface area contributed by atoms with Gasteiger partial charge in [-0.25, -0.2) is 0 Å². The fourth-order valence-electron chi connectivity index (χ4n) is 3.58. The van der Waals surface area contributed by atoms with E-state index in [0.29, 0.717) is 6.54 Å². The first-order valence-electron chi connectivity index (χ1n) is 10.3. The van der Waals surface area contributed by atoms with Crippen LogP contribution >= 0.6 is 0 Å². The third-order valence-corrected chi connectivity index (χ3v) is 5.53. The van der Waals surface area contributed by atoms with Crippen LogP contribution in [-0.2, 0) is 25.7 Å². The second-order valence-electron chi connectivity index (χ2n) is 7.68. The lowest BCUT2D eigenvalue weighted by molar-refractivity contribution is -0.158. The summed E-state index contributed by atoms with van der Waals surface area (Å²) in [7, 11) is 1.59. The Kier molecular flexibility index (Phi) is 7.28. The van der Waals surface area contributed by atoms with Crippen LogP contribution in [0, 0.1) is 5.92 Å². The minimum atomic E-state index is -0.943. The van der Waals surface area contributed by atoms with Gasteiger partial charge in [0.25, 0.3) is 5.91 Å². The summed E-state index contributed by atoms with van der Waals surface area (Å²) in [5, 5.41) is 2.76. The van der Waals surface area contributed by atoms with Crippen molar-refractivity contribution in [1.82, 2.24) is 10.2 Å². The van der Waals surface area contributed by atoms with Crippen molar-refractivity contribution >= 4 is 17.8 Å². The Hall–Kier alpha value is -3.35. The summed E-state index contributed by atoms with van der Waals surface area (Å²) in [6.07, 6.45) is -0.850. The quantitative estimate of drug-likeness (QED) is 0.659. The molecule has 2 aromatic carbocycles. The van der Waals surface area contributed by atoms with Crippen LogP contribution in [-0.4, -0.2) is 42.4 Å². The fraction of sp³-hybridized carbons (Fsp3) is 0.375. The molecule has 1 aliphatic rings. The molecule has 0 aliphatic carbocycles. The van der Waals surface area contributed by atoms with Gasteiger partial charge in [-0.05, 0) is 37.1 Å². The predicted molar refractivity (Wildman–Crippen MR) is 115 cm³/mol. The Morgan fingerprint density at radius 1 is 1.10 bits per heavy atom. The van der Waals surface area contributed by atoms with Gasteiger partial charge in [0.1, 0.15) is 5.75 Å². The Bertz CT molecular complexity index is 913. The standard InChI is InChI=1S/C24H28N2O5/c1-16(19-7-5-4-6-8-19)26-15-20(13-22(26)27)24(29)31-17(2)23(28)25-14-18-9-11-21(30-3)12-10-18/h4-12,16-17,20H,13-15H2,1-3H3,(H,25,28)/t16-,17+,20-/m1/s1. The smallest absolute Gasteiger partial charge is 0.312 e. The summed E-state index contributed by atoms with van der Waals surface area (Å²) in [6.45, 7) is 4.07. The lowest BCUT2D eigenvalue weighted by Crippen LogP contribution is -2.37. The van der Waals surface area contributed by atoms with E-state index in [1.807, 2.05) is 61.5 Å². The minimum Gasteiger partial charge on any atom is -0.497 e. The molecule has 7 nitrogen and oxygen atoms in total. The van der Waals surface area contributed by atoms with Crippen LogP contribution in [0.3, 0.4) is 0 Å². The molecule has 2 aromatic rings. The molecule has 0 saturated carbocycles. The highest BCUT2D eigenvalue weighted by Crippen LogP contribution is 2.29. The molecule has 31 heavy (non-hydrogen) atoms. The average molecular weight is 424 g/mol. The summed E-state index contributed by atoms with van der Waals surface area (Å²) < 4.78 is 10.5. The molecule has 1 aliphatic heterocycles. The number of ether oxygens (including phenoxy) is 2. The predicted octanol–water partition coefficient (Wildman–Crippen LogP) is 2.85. The topological polar surface area (TPSA) is 84.9 Å². The van der Waals surface area contributed by atoms with Crippen molar-refractivity contribution in [2.24, 2.45) is 5.92 Å². The van der Waals surface area contributed by atoms with Crippen molar-refractivity contribution < 1.29 is 23.9 Å². The van der Waals surface area contributed by atoms with Crippen LogP contribution in [0.2, 0.25) is 0 Å². The zero-order valence-corrected chi connectivity index (χ0v) is 18.0. The number of rotatable bonds is 8. The van der Waals surface area contributed by atoms with E-state index in [9.17, 15) is 14.4 Å². The van der Waals surface area contributed by atoms with E-state index in [1.54, 1.807) is 12.0 Å². The van der Waals surface area contributed by atoms with Crippen molar-refractivity contribution in [2.75, 3.05) is 13.7 Å². The summed E-state index contributed by atoms with van der Waals surface area (Å²) in [4.78, 5) is 39.0. The Morgan fingerprint density at radius 2 is 1.77 bits per heavy atom. The monoisotopic (exact) mass is 424 g/mol. The summed E-state index contributed by atoms with van der Waals surface area (Å²) in [5.41, 5.74) is 1.91. The van der Waals surface area contributed by atoms with Crippen molar-refractivity contribution in [3.05, 3.63) is 65.7 Å². The largest absolute Gasteiger partial charge is 0.497 e. The van der Waals surface area contributed by atoms with Gasteiger partial charge in [0.15, 0.2) is 6.10 Å². The van der Waals surface area contributed by atoms with Gasteiger partial charge in [0.05, 0.1) is 19.1 Å². The summed E-state index contributed by atoms with van der Waals surface area (Å²) in [5.74, 6) is -0.837. The number of benzene rings is 2. The maximum absolute atomic E-state index is 12.6. The lowest BCUT2D eigenvalue weighted by atomic mass is 10.1. The molecule has 3 atom stereocenters. The molecular formula is C24H28N2O5. The van der Waals surface area contributed by atoms with Crippen LogP contribution in [0.1, 0.15) is 37.4 Å². The zero-order chi connectivity index (χ0) is 22.4. The number of hydrogen-bond donors (Lipinski definition) is 1. The van der Waals surface area contributed by atoms with E-state index < -0.39 is 18.0 Å². The number of carbonyl (C=O) groups excluding carboxylic acids is 3. The van der Waals surface area contributed by atoms with Gasteiger partial charge in [-0.15, -0.1) is 0 Å². The number of carbonyl (C=O) groups is 3. The summed E-state index contributed by atoms with van der Waals surface area (Å²) in [6, 6.07) is 16.9. The van der Waals surface area contributed by atoms with Crippen molar-refractivity contribution in [3.63, 3.8) is 0 Å². The highest BCUT2D eigenvalue weighted by Gasteiger charge is 2.38. The van der Waals surface area contributed by atoms with Gasteiger partial charge in [0, 0.05) is 19.5 Å². The number of nitrogens with one attached hydrogen (secondary N) is 1. The van der Waals surface area contributed by atoms with E-state index in [2.05, 4.69) is 5.32 Å². The number of hydrogen-bond acceptors (Lipinski definition) is 5. The fourth-order valence-corrected chi connectivity index (χ4v) is 3.58. The Labute approximate surface area is 182 Å². The molecule has 164 valence electrons. The Morgan fingerprint density at radius 3 is 2.42 bits per heavy atom. The van der Waals surface area contributed by atoms with Crippen molar-refractivity contribution in [3.8, 4) is 5.75 Å². The average Bonchev–Trinajstić information content (AvgIpc) is 3.19. The minimum absolute atomic E-state index is 0.0880. The van der Waals surface area contributed by atoms with Crippen LogP contribution < -0.4 is 10.1 Å². The number of methoxy groups -OCH3 is 1.